The van der Waals surface area contributed by atoms with Gasteiger partial charge in [0.05, 0.1) is 28.4 Å². The van der Waals surface area contributed by atoms with E-state index in [-0.39, 0.29) is 0 Å². The number of hydrogen-bond donors (Lipinski definition) is 1. The van der Waals surface area contributed by atoms with Crippen LogP contribution < -0.4 is 5.73 Å². The van der Waals surface area contributed by atoms with Crippen molar-refractivity contribution in [1.29, 1.82) is 0 Å². The molecule has 2 aromatic rings. The molecule has 1 aromatic heterocycles. The Morgan fingerprint density at radius 3 is 2.95 bits per heavy atom. The monoisotopic (exact) mass is 304 g/mol. The Hall–Kier alpha value is -1.66. The first-order valence-electron chi connectivity index (χ1n) is 7.30. The van der Waals surface area contributed by atoms with Crippen molar-refractivity contribution in [2.45, 2.75) is 12.8 Å². The Kier molecular flexibility index (Phi) is 4.67. The van der Waals surface area contributed by atoms with Crippen LogP contribution in [0.2, 0.25) is 0 Å². The lowest BCUT2D eigenvalue weighted by atomic mass is 10.3. The average Bonchev–Trinajstić information content (AvgIpc) is 2.95. The number of guanidine groups is 1. The molecule has 0 radical (unpaired) electrons. The molecule has 0 amide bonds. The minimum Gasteiger partial charge on any atom is -0.378 e. The predicted molar refractivity (Wildman–Crippen MR) is 86.8 cm³/mol. The summed E-state index contributed by atoms with van der Waals surface area (Å²) in [4.78, 5) is 11.2. The van der Waals surface area contributed by atoms with Gasteiger partial charge in [0.1, 0.15) is 0 Å². The second kappa shape index (κ2) is 6.87. The second-order valence-corrected chi connectivity index (χ2v) is 6.13. The van der Waals surface area contributed by atoms with Crippen LogP contribution in [0.25, 0.3) is 10.2 Å². The molecule has 2 heterocycles. The van der Waals surface area contributed by atoms with Crippen molar-refractivity contribution in [2.24, 2.45) is 10.7 Å². The Labute approximate surface area is 128 Å². The molecule has 0 saturated carbocycles. The summed E-state index contributed by atoms with van der Waals surface area (Å²) in [5, 5.41) is 1.18. The summed E-state index contributed by atoms with van der Waals surface area (Å²) in [7, 11) is 0. The fourth-order valence-corrected chi connectivity index (χ4v) is 3.35. The number of fused-ring (bicyclic) bond motifs is 1. The summed E-state index contributed by atoms with van der Waals surface area (Å²) < 4.78 is 6.56. The lowest BCUT2D eigenvalue weighted by Crippen LogP contribution is -2.44. The molecule has 0 bridgehead atoms. The number of ether oxygens (including phenoxy) is 1. The second-order valence-electron chi connectivity index (χ2n) is 5.02. The topological polar surface area (TPSA) is 63.7 Å². The van der Waals surface area contributed by atoms with Crippen LogP contribution in [0.4, 0.5) is 0 Å². The number of morpholine rings is 1. The number of nitrogens with two attached hydrogens (primary N) is 1. The molecule has 0 spiro atoms. The van der Waals surface area contributed by atoms with Crippen LogP contribution in [-0.4, -0.2) is 48.7 Å². The Bertz CT molecular complexity index is 586. The van der Waals surface area contributed by atoms with Crippen LogP contribution in [-0.2, 0) is 11.2 Å². The summed E-state index contributed by atoms with van der Waals surface area (Å²) in [6.45, 7) is 3.91. The van der Waals surface area contributed by atoms with Crippen LogP contribution in [0, 0.1) is 0 Å². The zero-order valence-electron chi connectivity index (χ0n) is 12.0. The highest BCUT2D eigenvalue weighted by Crippen LogP contribution is 2.22. The number of aromatic nitrogens is 1. The third-order valence-electron chi connectivity index (χ3n) is 3.50. The number of thiazole rings is 1. The third-order valence-corrected chi connectivity index (χ3v) is 4.59. The van der Waals surface area contributed by atoms with Crippen molar-refractivity contribution in [3.8, 4) is 0 Å². The molecular weight excluding hydrogens is 284 g/mol. The standard InChI is InChI=1S/C15H20N4OS/c16-15(19-8-10-20-11-9-19)17-7-3-6-14-18-12-4-1-2-5-13(12)21-14/h1-2,4-5H,3,6-11H2,(H2,16,17). The van der Waals surface area contributed by atoms with E-state index in [2.05, 4.69) is 33.1 Å². The van der Waals surface area contributed by atoms with Gasteiger partial charge in [0.2, 0.25) is 0 Å². The van der Waals surface area contributed by atoms with Crippen LogP contribution in [0.5, 0.6) is 0 Å². The minimum absolute atomic E-state index is 0.641. The third kappa shape index (κ3) is 3.71. The molecule has 1 aromatic carbocycles. The molecule has 0 aliphatic carbocycles. The van der Waals surface area contributed by atoms with E-state index < -0.39 is 0 Å². The van der Waals surface area contributed by atoms with Gasteiger partial charge in [-0.25, -0.2) is 4.98 Å². The number of hydrogen-bond acceptors (Lipinski definition) is 4. The van der Waals surface area contributed by atoms with Crippen molar-refractivity contribution in [3.63, 3.8) is 0 Å². The van der Waals surface area contributed by atoms with E-state index in [1.54, 1.807) is 11.3 Å². The van der Waals surface area contributed by atoms with Crippen LogP contribution in [0.1, 0.15) is 11.4 Å². The quantitative estimate of drug-likeness (QED) is 0.532. The first-order chi connectivity index (χ1) is 10.3. The fourth-order valence-electron chi connectivity index (χ4n) is 2.34. The van der Waals surface area contributed by atoms with Gasteiger partial charge < -0.3 is 15.4 Å². The summed E-state index contributed by atoms with van der Waals surface area (Å²) >= 11 is 1.77. The SMILES string of the molecule is NC(=NCCCc1nc2ccccc2s1)N1CCOCC1. The van der Waals surface area contributed by atoms with Gasteiger partial charge in [0, 0.05) is 26.1 Å². The van der Waals surface area contributed by atoms with E-state index in [1.165, 1.54) is 9.71 Å². The van der Waals surface area contributed by atoms with Crippen LogP contribution in [0.3, 0.4) is 0 Å². The molecule has 0 unspecified atom stereocenters. The van der Waals surface area contributed by atoms with Gasteiger partial charge in [0.25, 0.3) is 0 Å². The van der Waals surface area contributed by atoms with Gasteiger partial charge in [-0.3, -0.25) is 4.99 Å². The van der Waals surface area contributed by atoms with Crippen molar-refractivity contribution in [1.82, 2.24) is 9.88 Å². The van der Waals surface area contributed by atoms with Crippen molar-refractivity contribution in [2.75, 3.05) is 32.8 Å². The van der Waals surface area contributed by atoms with E-state index in [0.29, 0.717) is 5.96 Å². The highest BCUT2D eigenvalue weighted by molar-refractivity contribution is 7.18. The Morgan fingerprint density at radius 2 is 2.14 bits per heavy atom. The van der Waals surface area contributed by atoms with Gasteiger partial charge in [0.15, 0.2) is 5.96 Å². The molecule has 5 nitrogen and oxygen atoms in total. The summed E-state index contributed by atoms with van der Waals surface area (Å²) in [5.41, 5.74) is 7.09. The van der Waals surface area contributed by atoms with Crippen LogP contribution >= 0.6 is 11.3 Å². The zero-order valence-corrected chi connectivity index (χ0v) is 12.8. The van der Waals surface area contributed by atoms with E-state index in [0.717, 1.165) is 51.2 Å². The van der Waals surface area contributed by atoms with E-state index in [4.69, 9.17) is 10.5 Å². The molecule has 1 aliphatic rings. The first kappa shape index (κ1) is 14.3. The van der Waals surface area contributed by atoms with E-state index >= 15 is 0 Å². The molecule has 1 saturated heterocycles. The molecular formula is C15H20N4OS. The molecule has 0 atom stereocenters. The maximum atomic E-state index is 6.00. The molecule has 2 N–H and O–H groups in total. The molecule has 1 fully saturated rings. The number of aliphatic imine (C=N–C) groups is 1. The Balaban J connectivity index is 1.49. The molecule has 3 rings (SSSR count). The lowest BCUT2D eigenvalue weighted by Gasteiger charge is -2.27. The smallest absolute Gasteiger partial charge is 0.191 e. The van der Waals surface area contributed by atoms with E-state index in [1.807, 2.05) is 6.07 Å². The number of rotatable bonds is 4. The largest absolute Gasteiger partial charge is 0.378 e. The lowest BCUT2D eigenvalue weighted by molar-refractivity contribution is 0.0674. The highest BCUT2D eigenvalue weighted by Gasteiger charge is 2.11. The summed E-state index contributed by atoms with van der Waals surface area (Å²) in [6.07, 6.45) is 1.93. The first-order valence-corrected chi connectivity index (χ1v) is 8.11. The number of nitrogens with zero attached hydrogens (tertiary/aromatic N) is 3. The van der Waals surface area contributed by atoms with Gasteiger partial charge >= 0.3 is 0 Å². The van der Waals surface area contributed by atoms with Gasteiger partial charge in [-0.2, -0.15) is 0 Å². The van der Waals surface area contributed by atoms with Crippen molar-refractivity contribution >= 4 is 27.5 Å². The van der Waals surface area contributed by atoms with Gasteiger partial charge in [-0.05, 0) is 18.6 Å². The number of para-hydroxylation sites is 1. The average molecular weight is 304 g/mol. The maximum absolute atomic E-state index is 6.00. The molecule has 6 heteroatoms. The molecule has 1 aliphatic heterocycles. The normalized spacial score (nSPS) is 16.6. The fraction of sp³-hybridized carbons (Fsp3) is 0.467. The van der Waals surface area contributed by atoms with Crippen molar-refractivity contribution in [3.05, 3.63) is 29.3 Å². The summed E-state index contributed by atoms with van der Waals surface area (Å²) in [5.74, 6) is 0.641. The Morgan fingerprint density at radius 1 is 1.33 bits per heavy atom. The highest BCUT2D eigenvalue weighted by atomic mass is 32.1. The van der Waals surface area contributed by atoms with E-state index in [9.17, 15) is 0 Å². The predicted octanol–water partition coefficient (Wildman–Crippen LogP) is 1.88. The number of aryl methyl sites for hydroxylation is 1. The minimum atomic E-state index is 0.641. The van der Waals surface area contributed by atoms with Crippen LogP contribution in [0.15, 0.2) is 29.3 Å². The van der Waals surface area contributed by atoms with Gasteiger partial charge in [-0.15, -0.1) is 11.3 Å². The van der Waals surface area contributed by atoms with Gasteiger partial charge in [-0.1, -0.05) is 12.1 Å². The maximum Gasteiger partial charge on any atom is 0.191 e. The molecule has 112 valence electrons. The van der Waals surface area contributed by atoms with Crippen molar-refractivity contribution < 1.29 is 4.74 Å². The summed E-state index contributed by atoms with van der Waals surface area (Å²) in [6, 6.07) is 8.26. The number of benzene rings is 1. The molecule has 21 heavy (non-hydrogen) atoms. The zero-order chi connectivity index (χ0) is 14.5.